The average Bonchev–Trinajstić information content (AvgIpc) is 2.79. The van der Waals surface area contributed by atoms with Crippen molar-refractivity contribution in [2.75, 3.05) is 11.5 Å². The van der Waals surface area contributed by atoms with Gasteiger partial charge in [-0.1, -0.05) is 35.9 Å². The minimum Gasteiger partial charge on any atom is -0.388 e. The normalized spacial score (nSPS) is 34.4. The second-order valence-electron chi connectivity index (χ2n) is 5.54. The topological polar surface area (TPSA) is 49.8 Å². The number of anilines is 1. The molecule has 2 aliphatic heterocycles. The van der Waals surface area contributed by atoms with Gasteiger partial charge in [0.05, 0.1) is 17.7 Å². The summed E-state index contributed by atoms with van der Waals surface area (Å²) in [5, 5.41) is 10.7. The van der Waals surface area contributed by atoms with Gasteiger partial charge in [-0.15, -0.1) is 0 Å². The maximum atomic E-state index is 12.3. The third-order valence-electron chi connectivity index (χ3n) is 4.37. The molecule has 1 spiro atoms. The number of carbonyl (C=O) groups is 1. The molecule has 3 atom stereocenters. The van der Waals surface area contributed by atoms with E-state index in [1.165, 1.54) is 0 Å². The van der Waals surface area contributed by atoms with Crippen molar-refractivity contribution in [2.24, 2.45) is 5.92 Å². The molecule has 0 bridgehead atoms. The van der Waals surface area contributed by atoms with Crippen molar-refractivity contribution < 1.29 is 14.6 Å². The monoisotopic (exact) mass is 269 g/mol. The van der Waals surface area contributed by atoms with Crippen molar-refractivity contribution in [1.82, 2.24) is 0 Å². The Kier molecular flexibility index (Phi) is 2.26. The molecule has 20 heavy (non-hydrogen) atoms. The lowest BCUT2D eigenvalue weighted by Crippen LogP contribution is -2.56. The summed E-state index contributed by atoms with van der Waals surface area (Å²) in [4.78, 5) is 14.0. The van der Waals surface area contributed by atoms with Gasteiger partial charge in [-0.3, -0.25) is 9.69 Å². The number of fused-ring (bicyclic) bond motifs is 2. The van der Waals surface area contributed by atoms with Crippen LogP contribution in [0.2, 0.25) is 0 Å². The number of aliphatic hydroxyl groups is 1. The molecular weight excluding hydrogens is 254 g/mol. The largest absolute Gasteiger partial charge is 0.388 e. The molecular formula is C16H15NO3. The highest BCUT2D eigenvalue weighted by Crippen LogP contribution is 2.52. The van der Waals surface area contributed by atoms with Crippen molar-refractivity contribution in [1.29, 1.82) is 0 Å². The van der Waals surface area contributed by atoms with Gasteiger partial charge in [0, 0.05) is 5.56 Å². The quantitative estimate of drug-likeness (QED) is 0.783. The number of benzene rings is 1. The number of hydrogen-bond acceptors (Lipinski definition) is 3. The van der Waals surface area contributed by atoms with Crippen LogP contribution in [-0.2, 0) is 9.53 Å². The van der Waals surface area contributed by atoms with E-state index in [1.54, 1.807) is 4.90 Å². The Morgan fingerprint density at radius 2 is 2.20 bits per heavy atom. The van der Waals surface area contributed by atoms with E-state index in [2.05, 4.69) is 0 Å². The number of rotatable bonds is 0. The second-order valence-corrected chi connectivity index (χ2v) is 5.54. The van der Waals surface area contributed by atoms with Crippen LogP contribution < -0.4 is 4.90 Å². The van der Waals surface area contributed by atoms with Crippen LogP contribution in [0.15, 0.2) is 48.1 Å². The van der Waals surface area contributed by atoms with Gasteiger partial charge in [0.1, 0.15) is 6.61 Å². The Labute approximate surface area is 117 Å². The Bertz CT molecular complexity index is 663. The van der Waals surface area contributed by atoms with Crippen molar-refractivity contribution in [3.05, 3.63) is 53.6 Å². The average molecular weight is 269 g/mol. The van der Waals surface area contributed by atoms with E-state index in [0.29, 0.717) is 0 Å². The molecule has 1 fully saturated rings. The van der Waals surface area contributed by atoms with Crippen LogP contribution in [0, 0.1) is 5.92 Å². The number of allylic oxidation sites excluding steroid dienone is 2. The molecule has 3 aliphatic rings. The minimum atomic E-state index is -0.871. The first-order chi connectivity index (χ1) is 9.63. The molecule has 4 rings (SSSR count). The molecule has 1 N–H and O–H groups in total. The van der Waals surface area contributed by atoms with Crippen LogP contribution in [0.5, 0.6) is 0 Å². The van der Waals surface area contributed by atoms with Crippen LogP contribution in [0.1, 0.15) is 18.6 Å². The number of nitrogens with zero attached hydrogens (tertiary/aromatic N) is 1. The third kappa shape index (κ3) is 1.30. The van der Waals surface area contributed by atoms with Crippen LogP contribution in [0.25, 0.3) is 0 Å². The van der Waals surface area contributed by atoms with Gasteiger partial charge >= 0.3 is 0 Å². The molecule has 1 aromatic rings. The zero-order valence-corrected chi connectivity index (χ0v) is 11.1. The number of para-hydroxylation sites is 1. The van der Waals surface area contributed by atoms with Crippen molar-refractivity contribution in [3.63, 3.8) is 0 Å². The van der Waals surface area contributed by atoms with Gasteiger partial charge in [0.25, 0.3) is 5.91 Å². The maximum Gasteiger partial charge on any atom is 0.255 e. The van der Waals surface area contributed by atoms with Crippen LogP contribution >= 0.6 is 0 Å². The Morgan fingerprint density at radius 3 is 3.05 bits per heavy atom. The van der Waals surface area contributed by atoms with Gasteiger partial charge in [-0.2, -0.15) is 0 Å². The molecule has 4 heteroatoms. The molecule has 1 saturated heterocycles. The van der Waals surface area contributed by atoms with Crippen LogP contribution in [0.4, 0.5) is 5.69 Å². The first-order valence-corrected chi connectivity index (χ1v) is 6.75. The maximum absolute atomic E-state index is 12.3. The van der Waals surface area contributed by atoms with Gasteiger partial charge in [-0.05, 0) is 19.1 Å². The predicted molar refractivity (Wildman–Crippen MR) is 74.0 cm³/mol. The second kappa shape index (κ2) is 3.81. The molecule has 102 valence electrons. The SMILES string of the molecule is CC1=CC2C(O)c3ccccc3N3C(=O)COC23C=C1. The predicted octanol–water partition coefficient (Wildman–Crippen LogP) is 1.93. The summed E-state index contributed by atoms with van der Waals surface area (Å²) in [7, 11) is 0. The zero-order chi connectivity index (χ0) is 13.9. The number of carbonyl (C=O) groups excluding carboxylic acids is 1. The summed E-state index contributed by atoms with van der Waals surface area (Å²) in [6, 6.07) is 7.49. The molecule has 1 amide bonds. The van der Waals surface area contributed by atoms with Crippen LogP contribution in [-0.4, -0.2) is 23.3 Å². The smallest absolute Gasteiger partial charge is 0.255 e. The Balaban J connectivity index is 1.99. The van der Waals surface area contributed by atoms with Gasteiger partial charge < -0.3 is 9.84 Å². The fourth-order valence-corrected chi connectivity index (χ4v) is 3.46. The minimum absolute atomic E-state index is 0.0504. The summed E-state index contributed by atoms with van der Waals surface area (Å²) < 4.78 is 5.82. The molecule has 1 aliphatic carbocycles. The Hall–Kier alpha value is -1.91. The van der Waals surface area contributed by atoms with E-state index in [9.17, 15) is 9.90 Å². The number of ether oxygens (including phenoxy) is 1. The summed E-state index contributed by atoms with van der Waals surface area (Å²) in [6.07, 6.45) is 5.17. The fourth-order valence-electron chi connectivity index (χ4n) is 3.46. The summed E-state index contributed by atoms with van der Waals surface area (Å²) in [5.41, 5.74) is 1.73. The highest BCUT2D eigenvalue weighted by Gasteiger charge is 2.57. The number of amides is 1. The van der Waals surface area contributed by atoms with Gasteiger partial charge in [0.2, 0.25) is 0 Å². The Morgan fingerprint density at radius 1 is 1.40 bits per heavy atom. The zero-order valence-electron chi connectivity index (χ0n) is 11.1. The van der Waals surface area contributed by atoms with E-state index < -0.39 is 11.8 Å². The first-order valence-electron chi connectivity index (χ1n) is 6.75. The molecule has 3 unspecified atom stereocenters. The molecule has 0 aromatic heterocycles. The first kappa shape index (κ1) is 11.9. The molecule has 2 heterocycles. The molecule has 4 nitrogen and oxygen atoms in total. The third-order valence-corrected chi connectivity index (χ3v) is 4.37. The molecule has 0 saturated carbocycles. The van der Waals surface area contributed by atoms with Crippen molar-refractivity contribution in [2.45, 2.75) is 18.8 Å². The molecule has 1 aromatic carbocycles. The van der Waals surface area contributed by atoms with E-state index in [0.717, 1.165) is 16.8 Å². The number of aliphatic hydroxyl groups excluding tert-OH is 1. The van der Waals surface area contributed by atoms with Crippen molar-refractivity contribution >= 4 is 11.6 Å². The highest BCUT2D eigenvalue weighted by molar-refractivity contribution is 5.99. The fraction of sp³-hybridized carbons (Fsp3) is 0.312. The van der Waals surface area contributed by atoms with E-state index in [1.807, 2.05) is 49.4 Å². The summed E-state index contributed by atoms with van der Waals surface area (Å²) in [5.74, 6) is -0.333. The summed E-state index contributed by atoms with van der Waals surface area (Å²) >= 11 is 0. The van der Waals surface area contributed by atoms with E-state index in [4.69, 9.17) is 4.74 Å². The highest BCUT2D eigenvalue weighted by atomic mass is 16.5. The standard InChI is InChI=1S/C16H15NO3/c1-10-6-7-16-12(8-10)15(19)11-4-2-3-5-13(11)17(16)14(18)9-20-16/h2-8,12,15,19H,9H2,1H3. The lowest BCUT2D eigenvalue weighted by molar-refractivity contribution is -0.117. The summed E-state index contributed by atoms with van der Waals surface area (Å²) in [6.45, 7) is 2.03. The molecule has 0 radical (unpaired) electrons. The lowest BCUT2D eigenvalue weighted by atomic mass is 9.77. The van der Waals surface area contributed by atoms with Crippen LogP contribution in [0.3, 0.4) is 0 Å². The van der Waals surface area contributed by atoms with Gasteiger partial charge in [-0.25, -0.2) is 0 Å². The number of hydrogen-bond donors (Lipinski definition) is 1. The van der Waals surface area contributed by atoms with E-state index >= 15 is 0 Å². The lowest BCUT2D eigenvalue weighted by Gasteiger charge is -2.48. The van der Waals surface area contributed by atoms with Gasteiger partial charge in [0.15, 0.2) is 5.72 Å². The van der Waals surface area contributed by atoms with Crippen molar-refractivity contribution in [3.8, 4) is 0 Å². The van der Waals surface area contributed by atoms with E-state index in [-0.39, 0.29) is 18.4 Å².